The Morgan fingerprint density at radius 1 is 1.06 bits per heavy atom. The highest BCUT2D eigenvalue weighted by molar-refractivity contribution is 7.92. The summed E-state index contributed by atoms with van der Waals surface area (Å²) in [6.07, 6.45) is 0. The average Bonchev–Trinajstić information content (AvgIpc) is 2.27. The fourth-order valence-corrected chi connectivity index (χ4v) is 2.13. The van der Waals surface area contributed by atoms with Gasteiger partial charge in [0.15, 0.2) is 0 Å². The second kappa shape index (κ2) is 3.73. The van der Waals surface area contributed by atoms with Crippen molar-refractivity contribution < 1.29 is 21.6 Å². The number of hydrogen-bond acceptors (Lipinski definition) is 2. The molecule has 0 aliphatic heterocycles. The first-order valence-electron chi connectivity index (χ1n) is 4.54. The molecule has 1 radical (unpaired) electrons. The van der Waals surface area contributed by atoms with Crippen LogP contribution in [0.25, 0.3) is 10.8 Å². The maximum absolute atomic E-state index is 12.3. The molecule has 0 aromatic heterocycles. The largest absolute Gasteiger partial charge is 0.501 e. The van der Waals surface area contributed by atoms with E-state index in [1.54, 1.807) is 24.3 Å². The van der Waals surface area contributed by atoms with E-state index in [1.807, 2.05) is 0 Å². The monoisotopic (exact) mass is 259 g/mol. The van der Waals surface area contributed by atoms with Gasteiger partial charge in [-0.1, -0.05) is 24.3 Å². The Morgan fingerprint density at radius 3 is 2.24 bits per heavy atom. The molecule has 0 aliphatic rings. The first kappa shape index (κ1) is 11.9. The van der Waals surface area contributed by atoms with Crippen LogP contribution in [-0.4, -0.2) is 13.9 Å². The van der Waals surface area contributed by atoms with Crippen LogP contribution < -0.4 is 0 Å². The number of rotatable bonds is 1. The zero-order valence-corrected chi connectivity index (χ0v) is 9.14. The molecule has 0 atom stereocenters. The van der Waals surface area contributed by atoms with E-state index in [9.17, 15) is 21.6 Å². The molecule has 0 bridgehead atoms. The zero-order chi connectivity index (χ0) is 12.7. The molecule has 89 valence electrons. The summed E-state index contributed by atoms with van der Waals surface area (Å²) in [6.45, 7) is 0. The highest BCUT2D eigenvalue weighted by atomic mass is 32.2. The predicted molar refractivity (Wildman–Crippen MR) is 56.0 cm³/mol. The van der Waals surface area contributed by atoms with Gasteiger partial charge in [0.1, 0.15) is 0 Å². The summed E-state index contributed by atoms with van der Waals surface area (Å²) in [7, 11) is -5.32. The van der Waals surface area contributed by atoms with Crippen LogP contribution in [0.15, 0.2) is 41.3 Å². The van der Waals surface area contributed by atoms with Gasteiger partial charge in [-0.2, -0.15) is 13.2 Å². The summed E-state index contributed by atoms with van der Waals surface area (Å²) < 4.78 is 59.2. The first-order chi connectivity index (χ1) is 7.82. The minimum absolute atomic E-state index is 0.425. The van der Waals surface area contributed by atoms with Gasteiger partial charge in [0.2, 0.25) is 0 Å². The quantitative estimate of drug-likeness (QED) is 0.789. The second-order valence-corrected chi connectivity index (χ2v) is 5.28. The van der Waals surface area contributed by atoms with E-state index < -0.39 is 20.2 Å². The molecule has 2 rings (SSSR count). The van der Waals surface area contributed by atoms with Gasteiger partial charge in [-0.25, -0.2) is 8.42 Å². The minimum atomic E-state index is -5.32. The highest BCUT2D eigenvalue weighted by Crippen LogP contribution is 2.31. The van der Waals surface area contributed by atoms with E-state index in [0.717, 1.165) is 6.07 Å². The lowest BCUT2D eigenvalue weighted by molar-refractivity contribution is -0.0436. The van der Waals surface area contributed by atoms with Crippen molar-refractivity contribution in [1.82, 2.24) is 0 Å². The Labute approximate surface area is 95.6 Å². The molecule has 0 spiro atoms. The number of sulfone groups is 1. The standard InChI is InChI=1S/C11H6F3O2S/c12-11(13,14)17(15,16)10-6-5-8-3-1-2-4-9(8)7-10/h1-5,7H. The summed E-state index contributed by atoms with van der Waals surface area (Å²) in [4.78, 5) is -0.858. The van der Waals surface area contributed by atoms with Gasteiger partial charge in [0.05, 0.1) is 4.90 Å². The van der Waals surface area contributed by atoms with Crippen molar-refractivity contribution in [2.24, 2.45) is 0 Å². The molecule has 2 nitrogen and oxygen atoms in total. The Hall–Kier alpha value is -1.56. The molecule has 0 unspecified atom stereocenters. The molecule has 0 heterocycles. The Balaban J connectivity index is 2.66. The first-order valence-corrected chi connectivity index (χ1v) is 6.02. The third-order valence-corrected chi connectivity index (χ3v) is 3.67. The lowest BCUT2D eigenvalue weighted by Crippen LogP contribution is -2.23. The van der Waals surface area contributed by atoms with Crippen molar-refractivity contribution in [3.63, 3.8) is 0 Å². The lowest BCUT2D eigenvalue weighted by Gasteiger charge is -2.08. The molecule has 0 aliphatic carbocycles. The van der Waals surface area contributed by atoms with E-state index >= 15 is 0 Å². The van der Waals surface area contributed by atoms with Crippen LogP contribution in [0.4, 0.5) is 13.2 Å². The number of halogens is 3. The van der Waals surface area contributed by atoms with Crippen LogP contribution in [0.2, 0.25) is 0 Å². The van der Waals surface area contributed by atoms with Gasteiger partial charge in [-0.05, 0) is 22.9 Å². The summed E-state index contributed by atoms with van der Waals surface area (Å²) >= 11 is 0. The highest BCUT2D eigenvalue weighted by Gasteiger charge is 2.46. The van der Waals surface area contributed by atoms with Crippen molar-refractivity contribution in [3.8, 4) is 0 Å². The number of hydrogen-bond donors (Lipinski definition) is 0. The molecule has 0 amide bonds. The second-order valence-electron chi connectivity index (χ2n) is 3.38. The van der Waals surface area contributed by atoms with Crippen molar-refractivity contribution in [2.75, 3.05) is 0 Å². The van der Waals surface area contributed by atoms with Crippen LogP contribution in [0.3, 0.4) is 0 Å². The fourth-order valence-electron chi connectivity index (χ4n) is 1.39. The van der Waals surface area contributed by atoms with Crippen molar-refractivity contribution in [2.45, 2.75) is 10.4 Å². The van der Waals surface area contributed by atoms with Crippen LogP contribution in [0.1, 0.15) is 0 Å². The SMILES string of the molecule is O=S(=O)(c1[c]cc2ccccc2c1)C(F)(F)F. The summed E-state index contributed by atoms with van der Waals surface area (Å²) in [6, 6.07) is 10.9. The van der Waals surface area contributed by atoms with Crippen molar-refractivity contribution >= 4 is 20.6 Å². The van der Waals surface area contributed by atoms with Gasteiger partial charge >= 0.3 is 5.51 Å². The van der Waals surface area contributed by atoms with E-state index in [-0.39, 0.29) is 0 Å². The normalized spacial score (nSPS) is 12.9. The van der Waals surface area contributed by atoms with E-state index in [2.05, 4.69) is 6.07 Å². The molecule has 6 heteroatoms. The average molecular weight is 259 g/mol. The van der Waals surface area contributed by atoms with E-state index in [4.69, 9.17) is 0 Å². The maximum Gasteiger partial charge on any atom is 0.501 e. The van der Waals surface area contributed by atoms with Gasteiger partial charge in [-0.15, -0.1) is 0 Å². The van der Waals surface area contributed by atoms with Crippen molar-refractivity contribution in [1.29, 1.82) is 0 Å². The van der Waals surface area contributed by atoms with Gasteiger partial charge in [0, 0.05) is 6.07 Å². The summed E-state index contributed by atoms with van der Waals surface area (Å²) in [5, 5.41) is 1.06. The van der Waals surface area contributed by atoms with Gasteiger partial charge in [-0.3, -0.25) is 0 Å². The van der Waals surface area contributed by atoms with Crippen LogP contribution in [0, 0.1) is 6.07 Å². The molecule has 0 fully saturated rings. The molecule has 17 heavy (non-hydrogen) atoms. The molecular formula is C11H6F3O2S. The third-order valence-electron chi connectivity index (χ3n) is 2.25. The number of alkyl halides is 3. The Kier molecular flexibility index (Phi) is 2.61. The topological polar surface area (TPSA) is 34.1 Å². The molecule has 0 saturated carbocycles. The zero-order valence-electron chi connectivity index (χ0n) is 8.32. The number of benzene rings is 2. The molecule has 2 aromatic carbocycles. The van der Waals surface area contributed by atoms with Crippen LogP contribution in [0.5, 0.6) is 0 Å². The minimum Gasteiger partial charge on any atom is -0.214 e. The fraction of sp³-hybridized carbons (Fsp3) is 0.0909. The van der Waals surface area contributed by atoms with E-state index in [1.165, 1.54) is 6.07 Å². The molecular weight excluding hydrogens is 253 g/mol. The summed E-state index contributed by atoms with van der Waals surface area (Å²) in [5.74, 6) is 0. The summed E-state index contributed by atoms with van der Waals surface area (Å²) in [5.41, 5.74) is -5.30. The smallest absolute Gasteiger partial charge is 0.214 e. The number of fused-ring (bicyclic) bond motifs is 1. The lowest BCUT2D eigenvalue weighted by atomic mass is 10.1. The maximum atomic E-state index is 12.3. The Bertz CT molecular complexity index is 660. The molecule has 0 saturated heterocycles. The Morgan fingerprint density at radius 2 is 1.65 bits per heavy atom. The molecule has 0 N–H and O–H groups in total. The molecule has 2 aromatic rings. The predicted octanol–water partition coefficient (Wildman–Crippen LogP) is 2.93. The van der Waals surface area contributed by atoms with Crippen molar-refractivity contribution in [3.05, 3.63) is 42.5 Å². The van der Waals surface area contributed by atoms with Gasteiger partial charge in [0.25, 0.3) is 9.84 Å². The third kappa shape index (κ3) is 2.00. The van der Waals surface area contributed by atoms with Crippen LogP contribution in [-0.2, 0) is 9.84 Å². The van der Waals surface area contributed by atoms with Crippen LogP contribution >= 0.6 is 0 Å². The van der Waals surface area contributed by atoms with Gasteiger partial charge < -0.3 is 0 Å². The van der Waals surface area contributed by atoms with E-state index in [0.29, 0.717) is 10.8 Å².